The second-order valence-electron chi connectivity index (χ2n) is 5.24. The minimum Gasteiger partial charge on any atom is -0.380 e. The van der Waals surface area contributed by atoms with Crippen LogP contribution in [-0.4, -0.2) is 50.2 Å². The molecule has 4 nitrogen and oxygen atoms in total. The highest BCUT2D eigenvalue weighted by Gasteiger charge is 2.40. The molecule has 0 saturated carbocycles. The third-order valence-corrected chi connectivity index (χ3v) is 3.88. The molecule has 2 saturated heterocycles. The highest BCUT2D eigenvalue weighted by atomic mass is 16.5. The van der Waals surface area contributed by atoms with Crippen molar-refractivity contribution < 1.29 is 9.53 Å². The van der Waals surface area contributed by atoms with Gasteiger partial charge in [-0.25, -0.2) is 0 Å². The van der Waals surface area contributed by atoms with Crippen LogP contribution in [0.15, 0.2) is 0 Å². The van der Waals surface area contributed by atoms with Gasteiger partial charge in [-0.3, -0.25) is 4.79 Å². The van der Waals surface area contributed by atoms with E-state index in [4.69, 9.17) is 4.74 Å². The largest absolute Gasteiger partial charge is 0.380 e. The molecule has 1 N–H and O–H groups in total. The Bertz CT molecular complexity index is 262. The average Bonchev–Trinajstić information content (AvgIpc) is 2.76. The predicted molar refractivity (Wildman–Crippen MR) is 62.2 cm³/mol. The van der Waals surface area contributed by atoms with Crippen molar-refractivity contribution in [1.82, 2.24) is 10.2 Å². The Morgan fingerprint density at radius 3 is 3.00 bits per heavy atom. The van der Waals surface area contributed by atoms with Crippen molar-refractivity contribution in [1.29, 1.82) is 0 Å². The topological polar surface area (TPSA) is 41.6 Å². The number of ether oxygens (including phenoxy) is 1. The molecule has 92 valence electrons. The van der Waals surface area contributed by atoms with Gasteiger partial charge in [-0.2, -0.15) is 0 Å². The summed E-state index contributed by atoms with van der Waals surface area (Å²) in [6.07, 6.45) is 3.33. The molecule has 2 unspecified atom stereocenters. The monoisotopic (exact) mass is 226 g/mol. The molecular formula is C12H22N2O2. The summed E-state index contributed by atoms with van der Waals surface area (Å²) in [5.41, 5.74) is -0.185. The van der Waals surface area contributed by atoms with Crippen LogP contribution in [0.5, 0.6) is 0 Å². The molecule has 0 spiro atoms. The van der Waals surface area contributed by atoms with E-state index in [-0.39, 0.29) is 11.5 Å². The van der Waals surface area contributed by atoms with Crippen LogP contribution >= 0.6 is 0 Å². The summed E-state index contributed by atoms with van der Waals surface area (Å²) in [5, 5.41) is 3.28. The van der Waals surface area contributed by atoms with E-state index in [1.165, 1.54) is 0 Å². The normalized spacial score (nSPS) is 35.4. The van der Waals surface area contributed by atoms with Crippen LogP contribution in [0.4, 0.5) is 0 Å². The first-order valence-corrected chi connectivity index (χ1v) is 6.18. The zero-order chi connectivity index (χ0) is 11.6. The minimum atomic E-state index is -0.185. The molecule has 0 aromatic rings. The molecular weight excluding hydrogens is 204 g/mol. The number of carbonyl (C=O) groups excluding carboxylic acids is 1. The number of carbonyl (C=O) groups is 1. The molecule has 0 aliphatic carbocycles. The lowest BCUT2D eigenvalue weighted by Crippen LogP contribution is -2.49. The van der Waals surface area contributed by atoms with Crippen LogP contribution < -0.4 is 5.32 Å². The molecule has 0 aromatic carbocycles. The fourth-order valence-electron chi connectivity index (χ4n) is 2.70. The first kappa shape index (κ1) is 11.9. The Labute approximate surface area is 97.3 Å². The zero-order valence-corrected chi connectivity index (χ0v) is 10.3. The Morgan fingerprint density at radius 1 is 1.56 bits per heavy atom. The minimum absolute atomic E-state index is 0.185. The molecule has 16 heavy (non-hydrogen) atoms. The number of nitrogens with zero attached hydrogens (tertiary/aromatic N) is 1. The number of methoxy groups -OCH3 is 1. The zero-order valence-electron chi connectivity index (χ0n) is 10.3. The maximum atomic E-state index is 12.4. The van der Waals surface area contributed by atoms with E-state index in [9.17, 15) is 4.79 Å². The summed E-state index contributed by atoms with van der Waals surface area (Å²) in [5.74, 6) is 0.305. The van der Waals surface area contributed by atoms with Crippen molar-refractivity contribution in [3.63, 3.8) is 0 Å². The van der Waals surface area contributed by atoms with Crippen molar-refractivity contribution >= 4 is 5.91 Å². The van der Waals surface area contributed by atoms with E-state index in [0.717, 1.165) is 45.4 Å². The van der Waals surface area contributed by atoms with Gasteiger partial charge in [-0.15, -0.1) is 0 Å². The highest BCUT2D eigenvalue weighted by molar-refractivity contribution is 5.83. The molecule has 2 aliphatic heterocycles. The first-order valence-electron chi connectivity index (χ1n) is 6.18. The smallest absolute Gasteiger partial charge is 0.229 e. The van der Waals surface area contributed by atoms with E-state index >= 15 is 0 Å². The first-order chi connectivity index (χ1) is 7.65. The van der Waals surface area contributed by atoms with Gasteiger partial charge in [0.2, 0.25) is 5.91 Å². The van der Waals surface area contributed by atoms with Crippen LogP contribution in [-0.2, 0) is 9.53 Å². The number of amides is 1. The second-order valence-corrected chi connectivity index (χ2v) is 5.24. The molecule has 2 heterocycles. The number of nitrogens with one attached hydrogen (secondary N) is 1. The van der Waals surface area contributed by atoms with Gasteiger partial charge in [0.15, 0.2) is 0 Å². The maximum absolute atomic E-state index is 12.4. The average molecular weight is 226 g/mol. The number of hydrogen-bond acceptors (Lipinski definition) is 3. The van der Waals surface area contributed by atoms with Crippen LogP contribution in [0.25, 0.3) is 0 Å². The van der Waals surface area contributed by atoms with Crippen LogP contribution in [0.3, 0.4) is 0 Å². The van der Waals surface area contributed by atoms with Gasteiger partial charge in [-0.05, 0) is 32.7 Å². The van der Waals surface area contributed by atoms with Gasteiger partial charge in [0.1, 0.15) is 0 Å². The van der Waals surface area contributed by atoms with Crippen molar-refractivity contribution in [2.75, 3.05) is 33.3 Å². The standard InChI is InChI=1S/C12H22N2O2/c1-12(5-6-13-9-12)11(15)14-7-3-4-10(8-14)16-2/h10,13H,3-9H2,1-2H3. The van der Waals surface area contributed by atoms with Crippen molar-refractivity contribution in [3.05, 3.63) is 0 Å². The molecule has 2 rings (SSSR count). The Balaban J connectivity index is 1.98. The number of hydrogen-bond donors (Lipinski definition) is 1. The number of likely N-dealkylation sites (tertiary alicyclic amines) is 1. The third-order valence-electron chi connectivity index (χ3n) is 3.88. The van der Waals surface area contributed by atoms with E-state index in [2.05, 4.69) is 12.2 Å². The van der Waals surface area contributed by atoms with Gasteiger partial charge in [0, 0.05) is 26.7 Å². The Kier molecular flexibility index (Phi) is 3.50. The number of piperidine rings is 1. The van der Waals surface area contributed by atoms with E-state index in [1.54, 1.807) is 7.11 Å². The van der Waals surface area contributed by atoms with Crippen molar-refractivity contribution in [2.45, 2.75) is 32.3 Å². The maximum Gasteiger partial charge on any atom is 0.229 e. The SMILES string of the molecule is COC1CCCN(C(=O)C2(C)CCNC2)C1. The molecule has 4 heteroatoms. The summed E-state index contributed by atoms with van der Waals surface area (Å²) in [7, 11) is 1.73. The van der Waals surface area contributed by atoms with E-state index in [1.807, 2.05) is 4.90 Å². The molecule has 1 amide bonds. The van der Waals surface area contributed by atoms with E-state index in [0.29, 0.717) is 5.91 Å². The second kappa shape index (κ2) is 4.72. The summed E-state index contributed by atoms with van der Waals surface area (Å²) >= 11 is 0. The molecule has 0 bridgehead atoms. The summed E-state index contributed by atoms with van der Waals surface area (Å²) < 4.78 is 5.36. The molecule has 0 radical (unpaired) electrons. The lowest BCUT2D eigenvalue weighted by atomic mass is 9.87. The molecule has 2 atom stereocenters. The fraction of sp³-hybridized carbons (Fsp3) is 0.917. The van der Waals surface area contributed by atoms with Crippen molar-refractivity contribution in [2.24, 2.45) is 5.41 Å². The van der Waals surface area contributed by atoms with Gasteiger partial charge in [0.25, 0.3) is 0 Å². The Hall–Kier alpha value is -0.610. The molecule has 2 aliphatic rings. The highest BCUT2D eigenvalue weighted by Crippen LogP contribution is 2.28. The number of rotatable bonds is 2. The van der Waals surface area contributed by atoms with Crippen LogP contribution in [0.1, 0.15) is 26.2 Å². The predicted octanol–water partition coefficient (Wildman–Crippen LogP) is 0.623. The fourth-order valence-corrected chi connectivity index (χ4v) is 2.70. The van der Waals surface area contributed by atoms with Gasteiger partial charge < -0.3 is 15.0 Å². The third kappa shape index (κ3) is 2.23. The summed E-state index contributed by atoms with van der Waals surface area (Å²) in [6, 6.07) is 0. The van der Waals surface area contributed by atoms with Gasteiger partial charge in [-0.1, -0.05) is 0 Å². The summed E-state index contributed by atoms with van der Waals surface area (Å²) in [6.45, 7) is 5.52. The van der Waals surface area contributed by atoms with Crippen LogP contribution in [0, 0.1) is 5.41 Å². The lowest BCUT2D eigenvalue weighted by Gasteiger charge is -2.36. The Morgan fingerprint density at radius 2 is 2.38 bits per heavy atom. The van der Waals surface area contributed by atoms with Crippen molar-refractivity contribution in [3.8, 4) is 0 Å². The quantitative estimate of drug-likeness (QED) is 0.750. The van der Waals surface area contributed by atoms with E-state index < -0.39 is 0 Å². The lowest BCUT2D eigenvalue weighted by molar-refractivity contribution is -0.143. The molecule has 2 fully saturated rings. The molecule has 0 aromatic heterocycles. The van der Waals surface area contributed by atoms with Gasteiger partial charge in [0.05, 0.1) is 11.5 Å². The van der Waals surface area contributed by atoms with Gasteiger partial charge >= 0.3 is 0 Å². The summed E-state index contributed by atoms with van der Waals surface area (Å²) in [4.78, 5) is 14.4. The van der Waals surface area contributed by atoms with Crippen LogP contribution in [0.2, 0.25) is 0 Å².